The third-order valence-electron chi connectivity index (χ3n) is 2.54. The van der Waals surface area contributed by atoms with Crippen molar-refractivity contribution in [2.45, 2.75) is 26.2 Å². The smallest absolute Gasteiger partial charge is 0.192 e. The van der Waals surface area contributed by atoms with E-state index in [1.807, 2.05) is 32.0 Å². The number of hydrogen-bond acceptors (Lipinski definition) is 3. The molecule has 0 fully saturated rings. The number of aldehydes is 1. The second kappa shape index (κ2) is 3.85. The monoisotopic (exact) mass is 203 g/mol. The van der Waals surface area contributed by atoms with Crippen molar-refractivity contribution in [1.29, 1.82) is 0 Å². The van der Waals surface area contributed by atoms with Gasteiger partial charge in [0.15, 0.2) is 11.5 Å². The Kier molecular flexibility index (Phi) is 2.54. The molecule has 0 aliphatic carbocycles. The second-order valence-electron chi connectivity index (χ2n) is 3.76. The molecule has 0 spiro atoms. The van der Waals surface area contributed by atoms with Crippen molar-refractivity contribution in [1.82, 2.24) is 4.98 Å². The van der Waals surface area contributed by atoms with Crippen LogP contribution in [0.25, 0.3) is 11.1 Å². The maximum Gasteiger partial charge on any atom is 0.192 e. The number of benzene rings is 1. The fraction of sp³-hybridized carbons (Fsp3) is 0.333. The van der Waals surface area contributed by atoms with Gasteiger partial charge in [0.2, 0.25) is 0 Å². The number of aryl methyl sites for hydroxylation is 1. The number of aromatic nitrogens is 1. The van der Waals surface area contributed by atoms with Crippen molar-refractivity contribution < 1.29 is 9.21 Å². The van der Waals surface area contributed by atoms with Crippen LogP contribution in [0.15, 0.2) is 22.6 Å². The van der Waals surface area contributed by atoms with Gasteiger partial charge in [0.05, 0.1) is 0 Å². The van der Waals surface area contributed by atoms with Gasteiger partial charge >= 0.3 is 0 Å². The van der Waals surface area contributed by atoms with Gasteiger partial charge in [0, 0.05) is 13.3 Å². The van der Waals surface area contributed by atoms with Crippen LogP contribution in [-0.2, 0) is 4.79 Å². The highest BCUT2D eigenvalue weighted by Crippen LogP contribution is 2.23. The summed E-state index contributed by atoms with van der Waals surface area (Å²) < 4.78 is 5.44. The van der Waals surface area contributed by atoms with Gasteiger partial charge in [-0.2, -0.15) is 0 Å². The average Bonchev–Trinajstić information content (AvgIpc) is 2.57. The lowest BCUT2D eigenvalue weighted by Gasteiger charge is -2.06. The normalized spacial score (nSPS) is 12.9. The molecule has 1 unspecified atom stereocenters. The topological polar surface area (TPSA) is 43.1 Å². The maximum absolute atomic E-state index is 10.4. The summed E-state index contributed by atoms with van der Waals surface area (Å²) in [6, 6.07) is 5.89. The first-order valence-corrected chi connectivity index (χ1v) is 5.01. The van der Waals surface area contributed by atoms with Crippen LogP contribution in [0.2, 0.25) is 0 Å². The van der Waals surface area contributed by atoms with E-state index in [0.29, 0.717) is 12.3 Å². The molecule has 3 heteroatoms. The predicted octanol–water partition coefficient (Wildman–Crippen LogP) is 2.83. The summed E-state index contributed by atoms with van der Waals surface area (Å²) >= 11 is 0. The van der Waals surface area contributed by atoms with Crippen LogP contribution in [-0.4, -0.2) is 11.3 Å². The Morgan fingerprint density at radius 3 is 3.07 bits per heavy atom. The summed E-state index contributed by atoms with van der Waals surface area (Å²) in [5.74, 6) is 0.905. The minimum Gasteiger partial charge on any atom is -0.441 e. The summed E-state index contributed by atoms with van der Waals surface area (Å²) in [5.41, 5.74) is 2.78. The van der Waals surface area contributed by atoms with E-state index in [2.05, 4.69) is 4.98 Å². The van der Waals surface area contributed by atoms with Crippen molar-refractivity contribution in [3.05, 3.63) is 29.7 Å². The number of oxazole rings is 1. The zero-order valence-corrected chi connectivity index (χ0v) is 8.86. The molecule has 0 aliphatic heterocycles. The molecule has 1 atom stereocenters. The van der Waals surface area contributed by atoms with Gasteiger partial charge in [-0.25, -0.2) is 4.98 Å². The van der Waals surface area contributed by atoms with Gasteiger partial charge in [-0.1, -0.05) is 13.0 Å². The Hall–Kier alpha value is -1.64. The molecule has 2 rings (SSSR count). The molecule has 1 aromatic carbocycles. The molecule has 0 radical (unpaired) electrons. The number of fused-ring (bicyclic) bond motifs is 1. The first-order valence-electron chi connectivity index (χ1n) is 5.01. The number of carbonyl (C=O) groups is 1. The van der Waals surface area contributed by atoms with E-state index in [1.54, 1.807) is 0 Å². The first kappa shape index (κ1) is 9.90. The van der Waals surface area contributed by atoms with E-state index in [-0.39, 0.29) is 5.92 Å². The van der Waals surface area contributed by atoms with E-state index >= 15 is 0 Å². The molecule has 3 nitrogen and oxygen atoms in total. The van der Waals surface area contributed by atoms with Crippen LogP contribution in [0.5, 0.6) is 0 Å². The summed E-state index contributed by atoms with van der Waals surface area (Å²) in [6.45, 7) is 3.85. The van der Waals surface area contributed by atoms with Crippen molar-refractivity contribution in [3.8, 4) is 0 Å². The van der Waals surface area contributed by atoms with E-state index in [0.717, 1.165) is 22.9 Å². The minimum atomic E-state index is 0.234. The molecule has 1 aromatic heterocycles. The van der Waals surface area contributed by atoms with E-state index in [4.69, 9.17) is 4.42 Å². The quantitative estimate of drug-likeness (QED) is 0.720. The number of nitrogens with zero attached hydrogens (tertiary/aromatic N) is 1. The van der Waals surface area contributed by atoms with Crippen molar-refractivity contribution in [2.24, 2.45) is 0 Å². The van der Waals surface area contributed by atoms with Gasteiger partial charge < -0.3 is 9.21 Å². The minimum absolute atomic E-state index is 0.234. The molecule has 0 saturated heterocycles. The molecule has 2 aromatic rings. The van der Waals surface area contributed by atoms with Crippen LogP contribution in [0.1, 0.15) is 30.7 Å². The average molecular weight is 203 g/mol. The van der Waals surface area contributed by atoms with E-state index < -0.39 is 0 Å². The van der Waals surface area contributed by atoms with E-state index in [1.165, 1.54) is 0 Å². The zero-order valence-electron chi connectivity index (χ0n) is 8.86. The van der Waals surface area contributed by atoms with Gasteiger partial charge in [-0.05, 0) is 23.6 Å². The molecular formula is C12H13NO2. The Morgan fingerprint density at radius 1 is 1.53 bits per heavy atom. The van der Waals surface area contributed by atoms with Crippen LogP contribution in [0.4, 0.5) is 0 Å². The molecule has 0 amide bonds. The fourth-order valence-electron chi connectivity index (χ4n) is 1.64. The fourth-order valence-corrected chi connectivity index (χ4v) is 1.64. The standard InChI is InChI=1S/C12H13NO2/c1-8(5-6-14)10-3-4-11-12(7-10)15-9(2)13-11/h3-4,6-8H,5H2,1-2H3. The van der Waals surface area contributed by atoms with Crippen molar-refractivity contribution in [2.75, 3.05) is 0 Å². The Morgan fingerprint density at radius 2 is 2.33 bits per heavy atom. The number of carbonyl (C=O) groups excluding carboxylic acids is 1. The Labute approximate surface area is 88.1 Å². The SMILES string of the molecule is Cc1nc2ccc(C(C)CC=O)cc2o1. The van der Waals surface area contributed by atoms with Gasteiger partial charge in [-0.15, -0.1) is 0 Å². The maximum atomic E-state index is 10.4. The molecule has 0 saturated carbocycles. The van der Waals surface area contributed by atoms with Crippen molar-refractivity contribution >= 4 is 17.4 Å². The van der Waals surface area contributed by atoms with Gasteiger partial charge in [-0.3, -0.25) is 0 Å². The molecule has 0 aliphatic rings. The predicted molar refractivity (Wildman–Crippen MR) is 57.8 cm³/mol. The van der Waals surface area contributed by atoms with Gasteiger partial charge in [0.25, 0.3) is 0 Å². The highest BCUT2D eigenvalue weighted by molar-refractivity contribution is 5.73. The third-order valence-corrected chi connectivity index (χ3v) is 2.54. The van der Waals surface area contributed by atoms with Crippen LogP contribution >= 0.6 is 0 Å². The van der Waals surface area contributed by atoms with Crippen molar-refractivity contribution in [3.63, 3.8) is 0 Å². The largest absolute Gasteiger partial charge is 0.441 e. The Balaban J connectivity index is 2.41. The van der Waals surface area contributed by atoms with Crippen LogP contribution in [0, 0.1) is 6.92 Å². The molecule has 0 N–H and O–H groups in total. The highest BCUT2D eigenvalue weighted by atomic mass is 16.3. The number of rotatable bonds is 3. The summed E-state index contributed by atoms with van der Waals surface area (Å²) in [5, 5.41) is 0. The lowest BCUT2D eigenvalue weighted by Crippen LogP contribution is -1.93. The summed E-state index contributed by atoms with van der Waals surface area (Å²) in [7, 11) is 0. The zero-order chi connectivity index (χ0) is 10.8. The summed E-state index contributed by atoms with van der Waals surface area (Å²) in [6.07, 6.45) is 1.49. The Bertz CT molecular complexity index is 487. The van der Waals surface area contributed by atoms with Gasteiger partial charge in [0.1, 0.15) is 11.8 Å². The molecule has 15 heavy (non-hydrogen) atoms. The van der Waals surface area contributed by atoms with Crippen LogP contribution < -0.4 is 0 Å². The molecular weight excluding hydrogens is 190 g/mol. The first-order chi connectivity index (χ1) is 7.20. The molecule has 78 valence electrons. The third kappa shape index (κ3) is 1.91. The lowest BCUT2D eigenvalue weighted by atomic mass is 9.98. The lowest BCUT2D eigenvalue weighted by molar-refractivity contribution is -0.108. The number of hydrogen-bond donors (Lipinski definition) is 0. The summed E-state index contributed by atoms with van der Waals surface area (Å²) in [4.78, 5) is 14.6. The molecule has 1 heterocycles. The van der Waals surface area contributed by atoms with Crippen LogP contribution in [0.3, 0.4) is 0 Å². The molecule has 0 bridgehead atoms. The van der Waals surface area contributed by atoms with E-state index in [9.17, 15) is 4.79 Å². The second-order valence-corrected chi connectivity index (χ2v) is 3.76. The highest BCUT2D eigenvalue weighted by Gasteiger charge is 2.08.